The van der Waals surface area contributed by atoms with Gasteiger partial charge in [0, 0.05) is 23.5 Å². The van der Waals surface area contributed by atoms with Crippen LogP contribution in [0.1, 0.15) is 43.0 Å². The Morgan fingerprint density at radius 1 is 1.30 bits per heavy atom. The van der Waals surface area contributed by atoms with Crippen molar-refractivity contribution in [3.63, 3.8) is 0 Å². The van der Waals surface area contributed by atoms with Crippen molar-refractivity contribution in [2.24, 2.45) is 5.73 Å². The summed E-state index contributed by atoms with van der Waals surface area (Å²) in [4.78, 5) is 2.47. The van der Waals surface area contributed by atoms with Gasteiger partial charge in [-0.3, -0.25) is 4.90 Å². The minimum atomic E-state index is 0.252. The fourth-order valence-corrected chi connectivity index (χ4v) is 3.66. The van der Waals surface area contributed by atoms with Crippen LogP contribution in [0.15, 0.2) is 28.7 Å². The molecule has 0 bridgehead atoms. The van der Waals surface area contributed by atoms with E-state index in [2.05, 4.69) is 31.0 Å². The number of benzene rings is 1. The number of para-hydroxylation sites is 1. The molecule has 1 aromatic heterocycles. The molecule has 2 N–H and O–H groups in total. The lowest BCUT2D eigenvalue weighted by molar-refractivity contribution is 0.179. The molecule has 0 radical (unpaired) electrons. The van der Waals surface area contributed by atoms with E-state index in [4.69, 9.17) is 10.2 Å². The Balaban J connectivity index is 2.00. The van der Waals surface area contributed by atoms with Gasteiger partial charge in [0.2, 0.25) is 0 Å². The van der Waals surface area contributed by atoms with Crippen molar-refractivity contribution in [3.8, 4) is 0 Å². The second-order valence-corrected chi connectivity index (χ2v) is 5.92. The molecule has 1 aliphatic rings. The highest BCUT2D eigenvalue weighted by Crippen LogP contribution is 2.35. The van der Waals surface area contributed by atoms with Crippen LogP contribution in [-0.4, -0.2) is 24.5 Å². The third-order valence-electron chi connectivity index (χ3n) is 4.77. The molecule has 1 fully saturated rings. The quantitative estimate of drug-likeness (QED) is 0.924. The number of fused-ring (bicyclic) bond motifs is 1. The molecule has 1 aromatic carbocycles. The van der Waals surface area contributed by atoms with Gasteiger partial charge in [-0.15, -0.1) is 0 Å². The van der Waals surface area contributed by atoms with E-state index in [0.717, 1.165) is 11.3 Å². The van der Waals surface area contributed by atoms with Gasteiger partial charge < -0.3 is 10.2 Å². The van der Waals surface area contributed by atoms with Crippen molar-refractivity contribution in [2.75, 3.05) is 13.6 Å². The standard InChI is InChI=1S/C17H24N2O/c1-12-17(14-9-5-6-10-16(14)20-12)15(11-18)19(2)13-7-3-4-8-13/h5-6,9-10,13,15H,3-4,7-8,11,18H2,1-2H3. The summed E-state index contributed by atoms with van der Waals surface area (Å²) in [5.74, 6) is 1.01. The molecule has 108 valence electrons. The summed E-state index contributed by atoms with van der Waals surface area (Å²) in [5.41, 5.74) is 8.36. The molecule has 0 spiro atoms. The maximum atomic E-state index is 6.11. The molecule has 0 aliphatic heterocycles. The first-order valence-corrected chi connectivity index (χ1v) is 7.62. The van der Waals surface area contributed by atoms with E-state index < -0.39 is 0 Å². The summed E-state index contributed by atoms with van der Waals surface area (Å²) >= 11 is 0. The second-order valence-electron chi connectivity index (χ2n) is 5.92. The van der Waals surface area contributed by atoms with Crippen LogP contribution in [0, 0.1) is 6.92 Å². The third-order valence-corrected chi connectivity index (χ3v) is 4.77. The molecule has 1 unspecified atom stereocenters. The number of likely N-dealkylation sites (N-methyl/N-ethyl adjacent to an activating group) is 1. The number of nitrogens with zero attached hydrogens (tertiary/aromatic N) is 1. The summed E-state index contributed by atoms with van der Waals surface area (Å²) in [5, 5.41) is 1.21. The van der Waals surface area contributed by atoms with E-state index >= 15 is 0 Å². The number of nitrogens with two attached hydrogens (primary N) is 1. The average molecular weight is 272 g/mol. The molecule has 3 nitrogen and oxygen atoms in total. The summed E-state index contributed by atoms with van der Waals surface area (Å²) in [6, 6.07) is 9.19. The number of hydrogen-bond donors (Lipinski definition) is 1. The van der Waals surface area contributed by atoms with Crippen molar-refractivity contribution in [1.29, 1.82) is 0 Å². The molecule has 1 saturated carbocycles. The highest BCUT2D eigenvalue weighted by molar-refractivity contribution is 5.82. The van der Waals surface area contributed by atoms with Gasteiger partial charge >= 0.3 is 0 Å². The van der Waals surface area contributed by atoms with Crippen LogP contribution in [-0.2, 0) is 0 Å². The summed E-state index contributed by atoms with van der Waals surface area (Å²) < 4.78 is 5.91. The number of hydrogen-bond acceptors (Lipinski definition) is 3. The fourth-order valence-electron chi connectivity index (χ4n) is 3.66. The molecule has 2 aromatic rings. The molecular weight excluding hydrogens is 248 g/mol. The van der Waals surface area contributed by atoms with Crippen molar-refractivity contribution >= 4 is 11.0 Å². The van der Waals surface area contributed by atoms with Crippen LogP contribution in [0.4, 0.5) is 0 Å². The lowest BCUT2D eigenvalue weighted by Crippen LogP contribution is -2.37. The molecule has 3 rings (SSSR count). The van der Waals surface area contributed by atoms with Gasteiger partial charge in [-0.1, -0.05) is 31.0 Å². The molecular formula is C17H24N2O. The zero-order chi connectivity index (χ0) is 14.1. The van der Waals surface area contributed by atoms with Gasteiger partial charge in [-0.25, -0.2) is 0 Å². The highest BCUT2D eigenvalue weighted by atomic mass is 16.3. The fraction of sp³-hybridized carbons (Fsp3) is 0.529. The van der Waals surface area contributed by atoms with Crippen LogP contribution in [0.2, 0.25) is 0 Å². The monoisotopic (exact) mass is 272 g/mol. The Morgan fingerprint density at radius 2 is 2.00 bits per heavy atom. The molecule has 0 amide bonds. The Kier molecular flexibility index (Phi) is 3.81. The molecule has 3 heteroatoms. The summed E-state index contributed by atoms with van der Waals surface area (Å²) in [6.45, 7) is 2.69. The Bertz CT molecular complexity index is 584. The van der Waals surface area contributed by atoms with Crippen LogP contribution >= 0.6 is 0 Å². The SMILES string of the molecule is Cc1oc2ccccc2c1C(CN)N(C)C1CCCC1. The molecule has 1 aliphatic carbocycles. The lowest BCUT2D eigenvalue weighted by atomic mass is 10.00. The Morgan fingerprint density at radius 3 is 2.70 bits per heavy atom. The zero-order valence-corrected chi connectivity index (χ0v) is 12.4. The van der Waals surface area contributed by atoms with Gasteiger partial charge in [0.25, 0.3) is 0 Å². The smallest absolute Gasteiger partial charge is 0.134 e. The van der Waals surface area contributed by atoms with E-state index in [1.165, 1.54) is 36.6 Å². The molecule has 1 heterocycles. The van der Waals surface area contributed by atoms with Crippen LogP contribution in [0.25, 0.3) is 11.0 Å². The predicted molar refractivity (Wildman–Crippen MR) is 82.8 cm³/mol. The van der Waals surface area contributed by atoms with Gasteiger partial charge in [0.15, 0.2) is 0 Å². The summed E-state index contributed by atoms with van der Waals surface area (Å²) in [6.07, 6.45) is 5.28. The molecule has 0 saturated heterocycles. The minimum Gasteiger partial charge on any atom is -0.461 e. The second kappa shape index (κ2) is 5.58. The topological polar surface area (TPSA) is 42.4 Å². The van der Waals surface area contributed by atoms with E-state index in [-0.39, 0.29) is 6.04 Å². The largest absolute Gasteiger partial charge is 0.461 e. The first-order valence-electron chi connectivity index (χ1n) is 7.62. The van der Waals surface area contributed by atoms with Crippen LogP contribution in [0.3, 0.4) is 0 Å². The van der Waals surface area contributed by atoms with Crippen LogP contribution < -0.4 is 5.73 Å². The van der Waals surface area contributed by atoms with Gasteiger partial charge in [0.05, 0.1) is 6.04 Å². The number of aryl methyl sites for hydroxylation is 1. The van der Waals surface area contributed by atoms with E-state index in [1.54, 1.807) is 0 Å². The molecule has 1 atom stereocenters. The normalized spacial score (nSPS) is 18.2. The maximum absolute atomic E-state index is 6.11. The van der Waals surface area contributed by atoms with E-state index in [9.17, 15) is 0 Å². The van der Waals surface area contributed by atoms with Crippen molar-refractivity contribution in [2.45, 2.75) is 44.7 Å². The number of rotatable bonds is 4. The average Bonchev–Trinajstić information content (AvgIpc) is 3.08. The van der Waals surface area contributed by atoms with Gasteiger partial charge in [-0.05, 0) is 32.9 Å². The highest BCUT2D eigenvalue weighted by Gasteiger charge is 2.29. The van der Waals surface area contributed by atoms with Crippen LogP contribution in [0.5, 0.6) is 0 Å². The molecule has 20 heavy (non-hydrogen) atoms. The van der Waals surface area contributed by atoms with Gasteiger partial charge in [-0.2, -0.15) is 0 Å². The minimum absolute atomic E-state index is 0.252. The van der Waals surface area contributed by atoms with E-state index in [1.807, 2.05) is 12.1 Å². The van der Waals surface area contributed by atoms with Crippen molar-refractivity contribution in [3.05, 3.63) is 35.6 Å². The Labute approximate surface area is 120 Å². The first kappa shape index (κ1) is 13.7. The lowest BCUT2D eigenvalue weighted by Gasteiger charge is -2.32. The maximum Gasteiger partial charge on any atom is 0.134 e. The first-order chi connectivity index (χ1) is 9.72. The predicted octanol–water partition coefficient (Wildman–Crippen LogP) is 3.62. The van der Waals surface area contributed by atoms with Crippen molar-refractivity contribution < 1.29 is 4.42 Å². The Hall–Kier alpha value is -1.32. The van der Waals surface area contributed by atoms with E-state index in [0.29, 0.717) is 12.6 Å². The van der Waals surface area contributed by atoms with Crippen molar-refractivity contribution in [1.82, 2.24) is 4.90 Å². The summed E-state index contributed by atoms with van der Waals surface area (Å²) in [7, 11) is 2.22. The zero-order valence-electron chi connectivity index (χ0n) is 12.4. The number of furan rings is 1. The van der Waals surface area contributed by atoms with Gasteiger partial charge in [0.1, 0.15) is 11.3 Å². The third kappa shape index (κ3) is 2.25.